The number of halogens is 1. The van der Waals surface area contributed by atoms with Crippen LogP contribution in [0, 0.1) is 11.7 Å². The van der Waals surface area contributed by atoms with Gasteiger partial charge in [-0.05, 0) is 61.1 Å². The summed E-state index contributed by atoms with van der Waals surface area (Å²) in [7, 11) is 0. The smallest absolute Gasteiger partial charge is 0.303 e. The van der Waals surface area contributed by atoms with Gasteiger partial charge in [-0.15, -0.1) is 11.3 Å². The van der Waals surface area contributed by atoms with E-state index in [1.807, 2.05) is 18.3 Å². The van der Waals surface area contributed by atoms with E-state index in [4.69, 9.17) is 14.5 Å². The van der Waals surface area contributed by atoms with Crippen molar-refractivity contribution >= 4 is 39.2 Å². The van der Waals surface area contributed by atoms with Gasteiger partial charge in [0.25, 0.3) is 5.91 Å². The van der Waals surface area contributed by atoms with Gasteiger partial charge in [0, 0.05) is 70.4 Å². The predicted molar refractivity (Wildman–Crippen MR) is 168 cm³/mol. The number of aromatic nitrogens is 2. The largest absolute Gasteiger partial charge is 0.456 e. The van der Waals surface area contributed by atoms with Crippen molar-refractivity contribution in [2.45, 2.75) is 52.1 Å². The summed E-state index contributed by atoms with van der Waals surface area (Å²) in [6.07, 6.45) is 6.55. The number of rotatable bonds is 11. The molecule has 1 aliphatic carbocycles. The molecule has 0 spiro atoms. The monoisotopic (exact) mass is 630 g/mol. The number of thiophene rings is 1. The Hall–Kier alpha value is -4.22. The second-order valence-electron chi connectivity index (χ2n) is 11.9. The van der Waals surface area contributed by atoms with E-state index in [9.17, 15) is 18.8 Å². The van der Waals surface area contributed by atoms with E-state index in [0.29, 0.717) is 49.8 Å². The highest BCUT2D eigenvalue weighted by Gasteiger charge is 2.27. The number of carbonyl (C=O) groups is 3. The van der Waals surface area contributed by atoms with Crippen molar-refractivity contribution in [2.24, 2.45) is 5.92 Å². The molecule has 45 heavy (non-hydrogen) atoms. The van der Waals surface area contributed by atoms with Gasteiger partial charge in [0.15, 0.2) is 18.2 Å². The molecule has 1 amide bonds. The molecule has 0 unspecified atom stereocenters. The van der Waals surface area contributed by atoms with Gasteiger partial charge in [0.05, 0.1) is 20.8 Å². The van der Waals surface area contributed by atoms with Crippen molar-refractivity contribution in [3.05, 3.63) is 71.8 Å². The molecule has 6 rings (SSSR count). The van der Waals surface area contributed by atoms with Crippen molar-refractivity contribution in [3.8, 4) is 22.1 Å². The highest BCUT2D eigenvalue weighted by atomic mass is 32.1. The Labute approximate surface area is 265 Å². The van der Waals surface area contributed by atoms with Gasteiger partial charge >= 0.3 is 5.97 Å². The van der Waals surface area contributed by atoms with Crippen LogP contribution >= 0.6 is 11.3 Å². The summed E-state index contributed by atoms with van der Waals surface area (Å²) in [6, 6.07) is 12.6. The number of carbonyl (C=O) groups excluding carboxylic acids is 3. The molecule has 1 aromatic carbocycles. The number of pyridine rings is 2. The molecule has 3 aromatic heterocycles. The second-order valence-corrected chi connectivity index (χ2v) is 12.9. The highest BCUT2D eigenvalue weighted by molar-refractivity contribution is 7.22. The van der Waals surface area contributed by atoms with Crippen LogP contribution in [0.25, 0.3) is 20.8 Å². The Bertz CT molecular complexity index is 1720. The number of ether oxygens (including phenoxy) is 2. The molecule has 4 heterocycles. The lowest BCUT2D eigenvalue weighted by Gasteiger charge is -2.39. The summed E-state index contributed by atoms with van der Waals surface area (Å²) in [6.45, 7) is 5.70. The van der Waals surface area contributed by atoms with Crippen LogP contribution in [0.5, 0.6) is 11.5 Å². The molecular weight excluding hydrogens is 595 g/mol. The predicted octanol–water partition coefficient (Wildman–Crippen LogP) is 5.80. The number of fused-ring (bicyclic) bond motifs is 1. The zero-order valence-corrected chi connectivity index (χ0v) is 26.1. The summed E-state index contributed by atoms with van der Waals surface area (Å²) in [5, 5.41) is 0. The summed E-state index contributed by atoms with van der Waals surface area (Å²) in [4.78, 5) is 49.7. The van der Waals surface area contributed by atoms with Gasteiger partial charge in [-0.3, -0.25) is 29.3 Å². The van der Waals surface area contributed by atoms with Gasteiger partial charge in [-0.1, -0.05) is 12.1 Å². The number of amides is 1. The van der Waals surface area contributed by atoms with E-state index in [0.717, 1.165) is 39.2 Å². The zero-order valence-electron chi connectivity index (χ0n) is 25.3. The lowest BCUT2D eigenvalue weighted by molar-refractivity contribution is -0.151. The van der Waals surface area contributed by atoms with E-state index in [1.54, 1.807) is 29.3 Å². The molecule has 0 radical (unpaired) electrons. The van der Waals surface area contributed by atoms with Gasteiger partial charge in [-0.2, -0.15) is 0 Å². The topological polar surface area (TPSA) is 102 Å². The molecule has 1 saturated carbocycles. The summed E-state index contributed by atoms with van der Waals surface area (Å²) in [5.41, 5.74) is 3.24. The number of ketones is 1. The molecular formula is C34H35FN4O5S. The normalized spacial score (nSPS) is 17.0. The number of hydrogen-bond donors (Lipinski definition) is 0. The minimum Gasteiger partial charge on any atom is -0.456 e. The van der Waals surface area contributed by atoms with Crippen molar-refractivity contribution < 1.29 is 28.2 Å². The third-order valence-corrected chi connectivity index (χ3v) is 9.35. The Morgan fingerprint density at radius 2 is 1.84 bits per heavy atom. The fourth-order valence-corrected chi connectivity index (χ4v) is 6.57. The van der Waals surface area contributed by atoms with Crippen LogP contribution in [0.4, 0.5) is 4.39 Å². The summed E-state index contributed by atoms with van der Waals surface area (Å²) >= 11 is 1.48. The first-order valence-corrected chi connectivity index (χ1v) is 16.0. The van der Waals surface area contributed by atoms with Gasteiger partial charge in [-0.25, -0.2) is 4.39 Å². The van der Waals surface area contributed by atoms with Crippen LogP contribution in [-0.4, -0.2) is 69.7 Å². The van der Waals surface area contributed by atoms with Crippen LogP contribution in [0.3, 0.4) is 0 Å². The standard InChI is InChI=1S/C34H35FN4O5S/c1-21-18-39(33(42)20-43-22(2)40)12-11-38(21)19-25-5-7-28(37-17-25)32-16-29-34(45-32)31(9-10-36-29)44-30-8-6-24(15-27(30)35)14-26(41)13-23-3-4-23/h5-10,15-17,21,23H,3-4,11-14,18-20H2,1-2H3/t21-/m1/s1. The second kappa shape index (κ2) is 13.4. The lowest BCUT2D eigenvalue weighted by Crippen LogP contribution is -2.53. The summed E-state index contributed by atoms with van der Waals surface area (Å²) < 4.78 is 26.6. The van der Waals surface area contributed by atoms with E-state index < -0.39 is 11.8 Å². The molecule has 234 valence electrons. The minimum atomic E-state index is -0.505. The van der Waals surface area contributed by atoms with E-state index in [1.165, 1.54) is 24.3 Å². The Kier molecular flexibility index (Phi) is 9.18. The molecule has 2 aliphatic rings. The van der Waals surface area contributed by atoms with Crippen LogP contribution in [0.1, 0.15) is 44.2 Å². The average Bonchev–Trinajstić information content (AvgIpc) is 3.72. The third kappa shape index (κ3) is 7.72. The SMILES string of the molecule is CC(=O)OCC(=O)N1CCN(Cc2ccc(-c3cc4nccc(Oc5ccc(CC(=O)CC6CC6)cc5F)c4s3)nc2)[C@H](C)C1. The highest BCUT2D eigenvalue weighted by Crippen LogP contribution is 2.39. The number of benzene rings is 1. The maximum Gasteiger partial charge on any atom is 0.303 e. The quantitative estimate of drug-likeness (QED) is 0.192. The van der Waals surface area contributed by atoms with Gasteiger partial charge in [0.1, 0.15) is 11.5 Å². The average molecular weight is 631 g/mol. The van der Waals surface area contributed by atoms with Crippen molar-refractivity contribution in [1.29, 1.82) is 0 Å². The fourth-order valence-electron chi connectivity index (χ4n) is 5.53. The Morgan fingerprint density at radius 3 is 2.56 bits per heavy atom. The first-order chi connectivity index (χ1) is 21.7. The molecule has 0 bridgehead atoms. The van der Waals surface area contributed by atoms with Crippen molar-refractivity contribution in [1.82, 2.24) is 19.8 Å². The van der Waals surface area contributed by atoms with Crippen molar-refractivity contribution in [3.63, 3.8) is 0 Å². The number of Topliss-reactive ketones (excluding diaryl/α,β-unsaturated/α-hetero) is 1. The van der Waals surface area contributed by atoms with Crippen molar-refractivity contribution in [2.75, 3.05) is 26.2 Å². The third-order valence-electron chi connectivity index (χ3n) is 8.19. The molecule has 2 fully saturated rings. The van der Waals surface area contributed by atoms with Crippen LogP contribution in [0.2, 0.25) is 0 Å². The number of esters is 1. The maximum absolute atomic E-state index is 15.0. The molecule has 1 saturated heterocycles. The first-order valence-electron chi connectivity index (χ1n) is 15.2. The Morgan fingerprint density at radius 1 is 1.02 bits per heavy atom. The molecule has 9 nitrogen and oxygen atoms in total. The zero-order chi connectivity index (χ0) is 31.5. The van der Waals surface area contributed by atoms with Gasteiger partial charge in [0.2, 0.25) is 0 Å². The lowest BCUT2D eigenvalue weighted by atomic mass is 10.0. The van der Waals surface area contributed by atoms with E-state index >= 15 is 0 Å². The number of hydrogen-bond acceptors (Lipinski definition) is 9. The maximum atomic E-state index is 15.0. The van der Waals surface area contributed by atoms with Gasteiger partial charge < -0.3 is 14.4 Å². The molecule has 0 N–H and O–H groups in total. The molecule has 1 atom stereocenters. The number of piperazine rings is 1. The summed E-state index contributed by atoms with van der Waals surface area (Å²) in [5.74, 6) is 0.122. The molecule has 1 aliphatic heterocycles. The first kappa shape index (κ1) is 30.8. The van der Waals surface area contributed by atoms with Crippen LogP contribution < -0.4 is 4.74 Å². The Balaban J connectivity index is 1.09. The minimum absolute atomic E-state index is 0.0992. The fraction of sp³-hybridized carbons (Fsp3) is 0.382. The van der Waals surface area contributed by atoms with E-state index in [-0.39, 0.29) is 36.5 Å². The van der Waals surface area contributed by atoms with Crippen LogP contribution in [-0.2, 0) is 32.1 Å². The molecule has 11 heteroatoms. The molecule has 4 aromatic rings. The number of nitrogens with zero attached hydrogens (tertiary/aromatic N) is 4. The van der Waals surface area contributed by atoms with Crippen LogP contribution in [0.15, 0.2) is 54.9 Å². The van der Waals surface area contributed by atoms with E-state index in [2.05, 4.69) is 22.9 Å².